The molecule has 4 atom stereocenters. The molecule has 2 aromatic rings. The van der Waals surface area contributed by atoms with Crippen molar-refractivity contribution in [2.45, 2.75) is 24.5 Å². The van der Waals surface area contributed by atoms with Gasteiger partial charge in [0.1, 0.15) is 23.9 Å². The SMILES string of the molecule is O=c1c2ccoc2ccn1C1OC(CO)C(O)C1O. The van der Waals surface area contributed by atoms with Crippen LogP contribution >= 0.6 is 0 Å². The Labute approximate surface area is 107 Å². The second kappa shape index (κ2) is 4.46. The van der Waals surface area contributed by atoms with E-state index in [0.29, 0.717) is 11.0 Å². The summed E-state index contributed by atoms with van der Waals surface area (Å²) in [6.45, 7) is -0.433. The van der Waals surface area contributed by atoms with E-state index in [4.69, 9.17) is 14.3 Å². The molecule has 0 radical (unpaired) electrons. The van der Waals surface area contributed by atoms with Crippen LogP contribution in [0.2, 0.25) is 0 Å². The summed E-state index contributed by atoms with van der Waals surface area (Å²) in [5.74, 6) is 0. The topological polar surface area (TPSA) is 105 Å². The largest absolute Gasteiger partial charge is 0.464 e. The molecular weight excluding hydrogens is 254 g/mol. The highest BCUT2D eigenvalue weighted by atomic mass is 16.6. The van der Waals surface area contributed by atoms with Crippen LogP contribution < -0.4 is 5.56 Å². The van der Waals surface area contributed by atoms with Gasteiger partial charge in [0, 0.05) is 6.20 Å². The van der Waals surface area contributed by atoms with Crippen LogP contribution in [0, 0.1) is 0 Å². The van der Waals surface area contributed by atoms with Crippen molar-refractivity contribution < 1.29 is 24.5 Å². The van der Waals surface area contributed by atoms with Gasteiger partial charge < -0.3 is 24.5 Å². The van der Waals surface area contributed by atoms with E-state index < -0.39 is 31.1 Å². The summed E-state index contributed by atoms with van der Waals surface area (Å²) in [6.07, 6.45) is -1.63. The van der Waals surface area contributed by atoms with Crippen molar-refractivity contribution in [1.82, 2.24) is 4.57 Å². The molecule has 0 aliphatic carbocycles. The molecule has 0 spiro atoms. The van der Waals surface area contributed by atoms with Gasteiger partial charge in [0.05, 0.1) is 18.3 Å². The summed E-state index contributed by atoms with van der Waals surface area (Å²) < 4.78 is 11.6. The lowest BCUT2D eigenvalue weighted by Crippen LogP contribution is -2.35. The zero-order chi connectivity index (χ0) is 13.6. The zero-order valence-corrected chi connectivity index (χ0v) is 9.84. The van der Waals surface area contributed by atoms with Crippen molar-refractivity contribution >= 4 is 11.0 Å². The van der Waals surface area contributed by atoms with E-state index >= 15 is 0 Å². The highest BCUT2D eigenvalue weighted by Crippen LogP contribution is 2.28. The van der Waals surface area contributed by atoms with Crippen LogP contribution in [0.4, 0.5) is 0 Å². The predicted octanol–water partition coefficient (Wildman–Crippen LogP) is -0.794. The molecule has 2 aromatic heterocycles. The Balaban J connectivity index is 2.05. The maximum absolute atomic E-state index is 12.2. The second-order valence-corrected chi connectivity index (χ2v) is 4.46. The Kier molecular flexibility index (Phi) is 2.90. The average Bonchev–Trinajstić information content (AvgIpc) is 2.98. The zero-order valence-electron chi connectivity index (χ0n) is 9.84. The molecule has 7 heteroatoms. The van der Waals surface area contributed by atoms with Gasteiger partial charge in [-0.2, -0.15) is 0 Å². The first-order chi connectivity index (χ1) is 9.13. The number of hydrogen-bond acceptors (Lipinski definition) is 6. The molecule has 19 heavy (non-hydrogen) atoms. The molecule has 0 amide bonds. The van der Waals surface area contributed by atoms with Crippen LogP contribution in [0.15, 0.2) is 33.8 Å². The molecule has 3 N–H and O–H groups in total. The van der Waals surface area contributed by atoms with Crippen LogP contribution in [0.25, 0.3) is 11.0 Å². The molecule has 1 fully saturated rings. The third-order valence-electron chi connectivity index (χ3n) is 3.34. The highest BCUT2D eigenvalue weighted by Gasteiger charge is 2.43. The number of fused-ring (bicyclic) bond motifs is 1. The van der Waals surface area contributed by atoms with E-state index in [-0.39, 0.29) is 5.56 Å². The molecule has 102 valence electrons. The lowest BCUT2D eigenvalue weighted by atomic mass is 10.1. The highest BCUT2D eigenvalue weighted by molar-refractivity contribution is 5.75. The van der Waals surface area contributed by atoms with Crippen LogP contribution in [0.3, 0.4) is 0 Å². The van der Waals surface area contributed by atoms with Crippen molar-refractivity contribution in [1.29, 1.82) is 0 Å². The summed E-state index contributed by atoms with van der Waals surface area (Å²) >= 11 is 0. The standard InChI is InChI=1S/C12H13NO6/c14-5-8-9(15)10(16)12(19-8)13-3-1-7-6(11(13)17)2-4-18-7/h1-4,8-10,12,14-16H,5H2. The second-order valence-electron chi connectivity index (χ2n) is 4.46. The molecule has 0 bridgehead atoms. The number of aliphatic hydroxyl groups excluding tert-OH is 3. The van der Waals surface area contributed by atoms with Crippen molar-refractivity contribution in [2.24, 2.45) is 0 Å². The number of ether oxygens (including phenoxy) is 1. The van der Waals surface area contributed by atoms with E-state index in [1.807, 2.05) is 0 Å². The van der Waals surface area contributed by atoms with Crippen molar-refractivity contribution in [2.75, 3.05) is 6.61 Å². The van der Waals surface area contributed by atoms with E-state index in [1.54, 1.807) is 6.07 Å². The Morgan fingerprint density at radius 1 is 1.26 bits per heavy atom. The Hall–Kier alpha value is -1.67. The van der Waals surface area contributed by atoms with Gasteiger partial charge >= 0.3 is 0 Å². The molecule has 4 unspecified atom stereocenters. The van der Waals surface area contributed by atoms with Gasteiger partial charge in [-0.3, -0.25) is 9.36 Å². The number of furan rings is 1. The fraction of sp³-hybridized carbons (Fsp3) is 0.417. The average molecular weight is 267 g/mol. The monoisotopic (exact) mass is 267 g/mol. The molecule has 1 aliphatic rings. The number of rotatable bonds is 2. The van der Waals surface area contributed by atoms with Gasteiger partial charge in [-0.05, 0) is 12.1 Å². The van der Waals surface area contributed by atoms with E-state index in [2.05, 4.69) is 0 Å². The maximum atomic E-state index is 12.2. The lowest BCUT2D eigenvalue weighted by Gasteiger charge is -2.17. The molecule has 3 rings (SSSR count). The van der Waals surface area contributed by atoms with Crippen molar-refractivity contribution in [3.63, 3.8) is 0 Å². The number of pyridine rings is 1. The fourth-order valence-electron chi connectivity index (χ4n) is 2.29. The van der Waals surface area contributed by atoms with Crippen molar-refractivity contribution in [3.8, 4) is 0 Å². The number of aliphatic hydroxyl groups is 3. The first-order valence-corrected chi connectivity index (χ1v) is 5.84. The van der Waals surface area contributed by atoms with Crippen LogP contribution in [-0.4, -0.2) is 44.8 Å². The molecule has 1 saturated heterocycles. The van der Waals surface area contributed by atoms with Crippen molar-refractivity contribution in [3.05, 3.63) is 34.9 Å². The van der Waals surface area contributed by atoms with Crippen LogP contribution in [0.5, 0.6) is 0 Å². The smallest absolute Gasteiger partial charge is 0.263 e. The maximum Gasteiger partial charge on any atom is 0.263 e. The third kappa shape index (κ3) is 1.79. The summed E-state index contributed by atoms with van der Waals surface area (Å²) in [4.78, 5) is 12.2. The van der Waals surface area contributed by atoms with Gasteiger partial charge in [-0.25, -0.2) is 0 Å². The van der Waals surface area contributed by atoms with Gasteiger partial charge in [-0.1, -0.05) is 0 Å². The minimum absolute atomic E-state index is 0.361. The van der Waals surface area contributed by atoms with Gasteiger partial charge in [-0.15, -0.1) is 0 Å². The predicted molar refractivity (Wildman–Crippen MR) is 63.5 cm³/mol. The minimum atomic E-state index is -1.28. The van der Waals surface area contributed by atoms with Crippen LogP contribution in [0.1, 0.15) is 6.23 Å². The van der Waals surface area contributed by atoms with Gasteiger partial charge in [0.25, 0.3) is 5.56 Å². The number of hydrogen-bond donors (Lipinski definition) is 3. The first-order valence-electron chi connectivity index (χ1n) is 5.84. The lowest BCUT2D eigenvalue weighted by molar-refractivity contribution is -0.0541. The van der Waals surface area contributed by atoms with Crippen LogP contribution in [-0.2, 0) is 4.74 Å². The molecule has 3 heterocycles. The fourth-order valence-corrected chi connectivity index (χ4v) is 2.29. The summed E-state index contributed by atoms with van der Waals surface area (Å²) in [5, 5.41) is 29.0. The Morgan fingerprint density at radius 3 is 2.74 bits per heavy atom. The normalized spacial score (nSPS) is 31.1. The van der Waals surface area contributed by atoms with Gasteiger partial charge in [0.2, 0.25) is 0 Å². The number of aromatic nitrogens is 1. The van der Waals surface area contributed by atoms with E-state index in [0.717, 1.165) is 0 Å². The molecule has 1 aliphatic heterocycles. The Bertz CT molecular complexity index is 647. The Morgan fingerprint density at radius 2 is 2.05 bits per heavy atom. The minimum Gasteiger partial charge on any atom is -0.464 e. The molecular formula is C12H13NO6. The third-order valence-corrected chi connectivity index (χ3v) is 3.34. The number of nitrogens with zero attached hydrogens (tertiary/aromatic N) is 1. The molecule has 0 saturated carbocycles. The van der Waals surface area contributed by atoms with Gasteiger partial charge in [0.15, 0.2) is 6.23 Å². The first kappa shape index (κ1) is 12.4. The quantitative estimate of drug-likeness (QED) is 0.658. The molecule has 0 aromatic carbocycles. The van der Waals surface area contributed by atoms with E-state index in [9.17, 15) is 15.0 Å². The summed E-state index contributed by atoms with van der Waals surface area (Å²) in [7, 11) is 0. The summed E-state index contributed by atoms with van der Waals surface area (Å²) in [5.41, 5.74) is 0.0501. The van der Waals surface area contributed by atoms with E-state index in [1.165, 1.54) is 23.1 Å². The molecule has 7 nitrogen and oxygen atoms in total. The summed E-state index contributed by atoms with van der Waals surface area (Å²) in [6, 6.07) is 3.10.